The first-order chi connectivity index (χ1) is 13.4. The first kappa shape index (κ1) is 24.8. The number of allylic oxidation sites excluding steroid dienone is 2. The Kier molecular flexibility index (Phi) is 9.02. The van der Waals surface area contributed by atoms with Gasteiger partial charge >= 0.3 is 12.1 Å². The highest BCUT2D eigenvalue weighted by Crippen LogP contribution is 2.40. The molecule has 7 heteroatoms. The molecule has 0 aliphatic heterocycles. The van der Waals surface area contributed by atoms with Gasteiger partial charge in [-0.15, -0.1) is 0 Å². The van der Waals surface area contributed by atoms with Gasteiger partial charge in [0, 0.05) is 12.0 Å². The highest BCUT2D eigenvalue weighted by atomic mass is 35.5. The third-order valence-corrected chi connectivity index (χ3v) is 4.94. The summed E-state index contributed by atoms with van der Waals surface area (Å²) in [7, 11) is 2.96. The molecular formula is C22H32ClNO5. The molecule has 0 aliphatic rings. The number of hydrogen-bond donors (Lipinski definition) is 1. The van der Waals surface area contributed by atoms with Crippen LogP contribution in [0.1, 0.15) is 57.2 Å². The maximum Gasteiger partial charge on any atom is 0.412 e. The molecular weight excluding hydrogens is 394 g/mol. The molecule has 162 valence electrons. The number of carbonyl (C=O) groups excluding carboxylic acids is 2. The van der Waals surface area contributed by atoms with Gasteiger partial charge in [-0.25, -0.2) is 4.79 Å². The lowest BCUT2D eigenvalue weighted by atomic mass is 9.98. The largest absolute Gasteiger partial charge is 0.496 e. The Morgan fingerprint density at radius 1 is 1.10 bits per heavy atom. The van der Waals surface area contributed by atoms with Crippen molar-refractivity contribution in [2.24, 2.45) is 0 Å². The molecule has 1 aromatic rings. The van der Waals surface area contributed by atoms with Gasteiger partial charge in [0.05, 0.1) is 24.9 Å². The zero-order valence-corrected chi connectivity index (χ0v) is 19.4. The van der Waals surface area contributed by atoms with Crippen LogP contribution in [0.25, 0.3) is 0 Å². The van der Waals surface area contributed by atoms with E-state index in [0.717, 1.165) is 22.3 Å². The summed E-state index contributed by atoms with van der Waals surface area (Å²) in [5, 5.41) is 3.23. The Morgan fingerprint density at radius 3 is 2.24 bits per heavy atom. The lowest BCUT2D eigenvalue weighted by Gasteiger charge is -2.23. The average molecular weight is 426 g/mol. The molecule has 29 heavy (non-hydrogen) atoms. The van der Waals surface area contributed by atoms with Crippen molar-refractivity contribution in [2.75, 3.05) is 19.5 Å². The number of ether oxygens (including phenoxy) is 3. The van der Waals surface area contributed by atoms with Crippen LogP contribution in [0.4, 0.5) is 10.5 Å². The van der Waals surface area contributed by atoms with E-state index >= 15 is 0 Å². The quantitative estimate of drug-likeness (QED) is 0.444. The zero-order chi connectivity index (χ0) is 22.4. The van der Waals surface area contributed by atoms with E-state index in [4.69, 9.17) is 21.1 Å². The van der Waals surface area contributed by atoms with Gasteiger partial charge in [0.15, 0.2) is 0 Å². The number of halogens is 1. The van der Waals surface area contributed by atoms with Gasteiger partial charge in [0.25, 0.3) is 0 Å². The van der Waals surface area contributed by atoms with E-state index in [1.165, 1.54) is 7.11 Å². The summed E-state index contributed by atoms with van der Waals surface area (Å²) in [4.78, 5) is 23.7. The minimum absolute atomic E-state index is 0.253. The normalized spacial score (nSPS) is 11.8. The Labute approximate surface area is 178 Å². The highest BCUT2D eigenvalue weighted by Gasteiger charge is 2.23. The molecule has 0 saturated carbocycles. The van der Waals surface area contributed by atoms with Crippen molar-refractivity contribution in [3.63, 3.8) is 0 Å². The number of methoxy groups -OCH3 is 2. The molecule has 1 aromatic carbocycles. The number of carbonyl (C=O) groups is 2. The van der Waals surface area contributed by atoms with Crippen LogP contribution >= 0.6 is 11.6 Å². The molecule has 0 heterocycles. The van der Waals surface area contributed by atoms with E-state index in [-0.39, 0.29) is 5.97 Å². The van der Waals surface area contributed by atoms with Gasteiger partial charge in [0.1, 0.15) is 11.4 Å². The summed E-state index contributed by atoms with van der Waals surface area (Å²) in [5.41, 5.74) is 3.34. The van der Waals surface area contributed by atoms with Crippen LogP contribution < -0.4 is 10.1 Å². The Hall–Kier alpha value is -2.21. The number of anilines is 1. The summed E-state index contributed by atoms with van der Waals surface area (Å²) < 4.78 is 15.7. The van der Waals surface area contributed by atoms with Gasteiger partial charge in [0.2, 0.25) is 0 Å². The number of nitrogens with one attached hydrogen (secondary N) is 1. The standard InChI is InChI=1S/C22H32ClNO5/c1-13(10-12-17(25)27-7)9-11-16-19(24-21(26)29-22(4,5)6)18(23)14(2)15(3)20(16)28-8/h9H,10-12H2,1-8H3,(H,24,26)/b13-9+. The maximum atomic E-state index is 12.4. The predicted octanol–water partition coefficient (Wildman–Crippen LogP) is 5.75. The van der Waals surface area contributed by atoms with Gasteiger partial charge in [-0.2, -0.15) is 0 Å². The summed E-state index contributed by atoms with van der Waals surface area (Å²) in [6.45, 7) is 11.1. The second kappa shape index (κ2) is 10.5. The van der Waals surface area contributed by atoms with E-state index in [0.29, 0.717) is 35.7 Å². The molecule has 0 unspecified atom stereocenters. The van der Waals surface area contributed by atoms with Crippen molar-refractivity contribution in [1.29, 1.82) is 0 Å². The van der Waals surface area contributed by atoms with Crippen molar-refractivity contribution >= 4 is 29.4 Å². The third kappa shape index (κ3) is 7.28. The molecule has 0 atom stereocenters. The molecule has 1 amide bonds. The molecule has 6 nitrogen and oxygen atoms in total. The van der Waals surface area contributed by atoms with Crippen LogP contribution in [0.2, 0.25) is 5.02 Å². The molecule has 0 fully saturated rings. The van der Waals surface area contributed by atoms with E-state index in [1.54, 1.807) is 27.9 Å². The van der Waals surface area contributed by atoms with Crippen LogP contribution in [0.5, 0.6) is 5.75 Å². The lowest BCUT2D eigenvalue weighted by Crippen LogP contribution is -2.27. The van der Waals surface area contributed by atoms with Crippen molar-refractivity contribution in [3.8, 4) is 5.75 Å². The molecule has 0 saturated heterocycles. The van der Waals surface area contributed by atoms with E-state index < -0.39 is 11.7 Å². The predicted molar refractivity (Wildman–Crippen MR) is 116 cm³/mol. The van der Waals surface area contributed by atoms with E-state index in [2.05, 4.69) is 10.1 Å². The lowest BCUT2D eigenvalue weighted by molar-refractivity contribution is -0.140. The minimum atomic E-state index is -0.634. The van der Waals surface area contributed by atoms with Gasteiger partial charge < -0.3 is 14.2 Å². The number of benzene rings is 1. The monoisotopic (exact) mass is 425 g/mol. The van der Waals surface area contributed by atoms with Crippen LogP contribution in [0.15, 0.2) is 11.6 Å². The summed E-state index contributed by atoms with van der Waals surface area (Å²) in [6, 6.07) is 0. The minimum Gasteiger partial charge on any atom is -0.496 e. The van der Waals surface area contributed by atoms with Crippen LogP contribution in [-0.4, -0.2) is 31.9 Å². The van der Waals surface area contributed by atoms with Crippen molar-refractivity contribution in [3.05, 3.63) is 33.4 Å². The molecule has 1 N–H and O–H groups in total. The van der Waals surface area contributed by atoms with Gasteiger partial charge in [-0.1, -0.05) is 23.3 Å². The number of hydrogen-bond acceptors (Lipinski definition) is 5. The second-order valence-corrected chi connectivity index (χ2v) is 8.29. The fraction of sp³-hybridized carbons (Fsp3) is 0.545. The number of amides is 1. The fourth-order valence-electron chi connectivity index (χ4n) is 2.78. The molecule has 0 aromatic heterocycles. The summed E-state index contributed by atoms with van der Waals surface area (Å²) in [5.74, 6) is 0.409. The molecule has 0 bridgehead atoms. The van der Waals surface area contributed by atoms with Crippen molar-refractivity contribution in [1.82, 2.24) is 0 Å². The number of esters is 1. The van der Waals surface area contributed by atoms with Crippen molar-refractivity contribution in [2.45, 2.75) is 66.4 Å². The van der Waals surface area contributed by atoms with Gasteiger partial charge in [-0.3, -0.25) is 10.1 Å². The van der Waals surface area contributed by atoms with E-state index in [9.17, 15) is 9.59 Å². The highest BCUT2D eigenvalue weighted by molar-refractivity contribution is 6.35. The smallest absolute Gasteiger partial charge is 0.412 e. The Balaban J connectivity index is 3.28. The molecule has 0 radical (unpaired) electrons. The third-order valence-electron chi connectivity index (χ3n) is 4.46. The van der Waals surface area contributed by atoms with Crippen LogP contribution in [0, 0.1) is 13.8 Å². The SMILES string of the molecule is COC(=O)CC/C(C)=C/Cc1c(NC(=O)OC(C)(C)C)c(Cl)c(C)c(C)c1OC. The Bertz CT molecular complexity index is 794. The topological polar surface area (TPSA) is 73.9 Å². The van der Waals surface area contributed by atoms with Crippen molar-refractivity contribution < 1.29 is 23.8 Å². The maximum absolute atomic E-state index is 12.4. The van der Waals surface area contributed by atoms with Crippen LogP contribution in [-0.2, 0) is 20.7 Å². The Morgan fingerprint density at radius 2 is 1.72 bits per heavy atom. The fourth-order valence-corrected chi connectivity index (χ4v) is 3.08. The summed E-state index contributed by atoms with van der Waals surface area (Å²) >= 11 is 6.58. The van der Waals surface area contributed by atoms with Crippen LogP contribution in [0.3, 0.4) is 0 Å². The summed E-state index contributed by atoms with van der Waals surface area (Å²) in [6.07, 6.45) is 2.78. The first-order valence-corrected chi connectivity index (χ1v) is 9.87. The molecule has 0 aliphatic carbocycles. The van der Waals surface area contributed by atoms with Gasteiger partial charge in [-0.05, 0) is 65.5 Å². The second-order valence-electron chi connectivity index (χ2n) is 7.91. The van der Waals surface area contributed by atoms with E-state index in [1.807, 2.05) is 26.8 Å². The molecule has 0 spiro atoms. The number of rotatable bonds is 7. The molecule has 1 rings (SSSR count). The average Bonchev–Trinajstić information content (AvgIpc) is 2.63. The zero-order valence-electron chi connectivity index (χ0n) is 18.6. The first-order valence-electron chi connectivity index (χ1n) is 9.49.